The fourth-order valence-electron chi connectivity index (χ4n) is 1.51. The molecule has 0 aromatic carbocycles. The molecule has 0 heterocycles. The zero-order valence-corrected chi connectivity index (χ0v) is 12.4. The second-order valence-corrected chi connectivity index (χ2v) is 5.30. The van der Waals surface area contributed by atoms with Crippen LogP contribution in [0.25, 0.3) is 0 Å². The third-order valence-corrected chi connectivity index (χ3v) is 3.69. The molecule has 2 N–H and O–H groups in total. The van der Waals surface area contributed by atoms with Gasteiger partial charge in [0.15, 0.2) is 0 Å². The van der Waals surface area contributed by atoms with Crippen molar-refractivity contribution in [3.8, 4) is 0 Å². The van der Waals surface area contributed by atoms with E-state index in [9.17, 15) is 9.59 Å². The van der Waals surface area contributed by atoms with Crippen LogP contribution in [0.2, 0.25) is 0 Å². The first-order chi connectivity index (χ1) is 8.43. The molecule has 6 heteroatoms. The molecule has 0 saturated heterocycles. The number of carbonyl (C=O) groups excluding carboxylic acids is 1. The number of carbonyl (C=O) groups is 2. The van der Waals surface area contributed by atoms with Crippen LogP contribution in [0.1, 0.15) is 26.7 Å². The van der Waals surface area contributed by atoms with Crippen LogP contribution in [0.4, 0.5) is 4.79 Å². The van der Waals surface area contributed by atoms with Crippen molar-refractivity contribution in [3.63, 3.8) is 0 Å². The van der Waals surface area contributed by atoms with Gasteiger partial charge in [0, 0.05) is 25.4 Å². The van der Waals surface area contributed by atoms with Gasteiger partial charge < -0.3 is 15.3 Å². The largest absolute Gasteiger partial charge is 0.481 e. The van der Waals surface area contributed by atoms with E-state index in [1.807, 2.05) is 6.26 Å². The SMILES string of the molecule is CCC(CSC)N(C)C(=O)NCCC(C)C(=O)O. The second-order valence-electron chi connectivity index (χ2n) is 4.39. The fraction of sp³-hybridized carbons (Fsp3) is 0.833. The predicted molar refractivity (Wildman–Crippen MR) is 75.0 cm³/mol. The Morgan fingerprint density at radius 2 is 2.06 bits per heavy atom. The molecule has 0 saturated carbocycles. The maximum atomic E-state index is 11.8. The van der Waals surface area contributed by atoms with Gasteiger partial charge in [-0.25, -0.2) is 4.79 Å². The van der Waals surface area contributed by atoms with Crippen LogP contribution in [0.5, 0.6) is 0 Å². The first-order valence-corrected chi connectivity index (χ1v) is 7.55. The molecule has 0 spiro atoms. The maximum absolute atomic E-state index is 11.8. The number of hydrogen-bond acceptors (Lipinski definition) is 3. The highest BCUT2D eigenvalue weighted by Crippen LogP contribution is 2.08. The normalized spacial score (nSPS) is 13.8. The topological polar surface area (TPSA) is 69.6 Å². The number of carboxylic acids is 1. The van der Waals surface area contributed by atoms with Crippen molar-refractivity contribution in [1.29, 1.82) is 0 Å². The highest BCUT2D eigenvalue weighted by Gasteiger charge is 2.18. The Morgan fingerprint density at radius 1 is 1.44 bits per heavy atom. The molecule has 2 atom stereocenters. The number of amides is 2. The van der Waals surface area contributed by atoms with Crippen molar-refractivity contribution in [2.45, 2.75) is 32.7 Å². The molecule has 2 amide bonds. The van der Waals surface area contributed by atoms with Gasteiger partial charge in [-0.3, -0.25) is 4.79 Å². The molecular formula is C12H24N2O3S. The molecule has 18 heavy (non-hydrogen) atoms. The van der Waals surface area contributed by atoms with Gasteiger partial charge in [0.2, 0.25) is 0 Å². The second kappa shape index (κ2) is 9.08. The molecule has 0 aromatic rings. The van der Waals surface area contributed by atoms with Crippen LogP contribution >= 0.6 is 11.8 Å². The number of nitrogens with zero attached hydrogens (tertiary/aromatic N) is 1. The van der Waals surface area contributed by atoms with E-state index in [1.165, 1.54) is 0 Å². The summed E-state index contributed by atoms with van der Waals surface area (Å²) in [5.74, 6) is -0.346. The van der Waals surface area contributed by atoms with Crippen LogP contribution in [0.3, 0.4) is 0 Å². The molecule has 0 aliphatic rings. The van der Waals surface area contributed by atoms with E-state index in [0.29, 0.717) is 13.0 Å². The summed E-state index contributed by atoms with van der Waals surface area (Å²) >= 11 is 1.71. The minimum absolute atomic E-state index is 0.131. The molecule has 5 nitrogen and oxygen atoms in total. The van der Waals surface area contributed by atoms with Gasteiger partial charge in [0.05, 0.1) is 5.92 Å². The van der Waals surface area contributed by atoms with Crippen LogP contribution in [-0.2, 0) is 4.79 Å². The molecule has 0 bridgehead atoms. The van der Waals surface area contributed by atoms with E-state index >= 15 is 0 Å². The first-order valence-electron chi connectivity index (χ1n) is 6.16. The van der Waals surface area contributed by atoms with E-state index in [-0.39, 0.29) is 12.1 Å². The average Bonchev–Trinajstić information content (AvgIpc) is 2.34. The summed E-state index contributed by atoms with van der Waals surface area (Å²) in [4.78, 5) is 24.1. The lowest BCUT2D eigenvalue weighted by atomic mass is 10.1. The van der Waals surface area contributed by atoms with E-state index in [0.717, 1.165) is 12.2 Å². The summed E-state index contributed by atoms with van der Waals surface area (Å²) in [5.41, 5.74) is 0. The summed E-state index contributed by atoms with van der Waals surface area (Å²) in [7, 11) is 1.78. The Hall–Kier alpha value is -0.910. The molecular weight excluding hydrogens is 252 g/mol. The Balaban J connectivity index is 4.04. The summed E-state index contributed by atoms with van der Waals surface area (Å²) in [5, 5.41) is 11.5. The molecule has 0 aliphatic heterocycles. The summed E-state index contributed by atoms with van der Waals surface area (Å²) in [6.45, 7) is 4.09. The van der Waals surface area contributed by atoms with Crippen LogP contribution < -0.4 is 5.32 Å². The first kappa shape index (κ1) is 17.1. The molecule has 2 unspecified atom stereocenters. The predicted octanol–water partition coefficient (Wildman–Crippen LogP) is 1.88. The Kier molecular flexibility index (Phi) is 8.62. The summed E-state index contributed by atoms with van der Waals surface area (Å²) in [6, 6.07) is 0.0883. The minimum atomic E-state index is -0.827. The van der Waals surface area contributed by atoms with Gasteiger partial charge >= 0.3 is 12.0 Å². The molecule has 0 rings (SSSR count). The number of aliphatic carboxylic acids is 1. The van der Waals surface area contributed by atoms with Crippen molar-refractivity contribution in [2.24, 2.45) is 5.92 Å². The van der Waals surface area contributed by atoms with Gasteiger partial charge in [0.25, 0.3) is 0 Å². The molecule has 0 fully saturated rings. The quantitative estimate of drug-likeness (QED) is 0.710. The maximum Gasteiger partial charge on any atom is 0.317 e. The van der Waals surface area contributed by atoms with Crippen LogP contribution in [0, 0.1) is 5.92 Å². The van der Waals surface area contributed by atoms with Crippen LogP contribution in [0.15, 0.2) is 0 Å². The average molecular weight is 276 g/mol. The number of urea groups is 1. The van der Waals surface area contributed by atoms with Crippen LogP contribution in [-0.4, -0.2) is 53.6 Å². The van der Waals surface area contributed by atoms with Crippen molar-refractivity contribution < 1.29 is 14.7 Å². The van der Waals surface area contributed by atoms with E-state index < -0.39 is 11.9 Å². The van der Waals surface area contributed by atoms with Gasteiger partial charge in [-0.1, -0.05) is 13.8 Å². The Bertz CT molecular complexity index is 274. The Morgan fingerprint density at radius 3 is 2.50 bits per heavy atom. The smallest absolute Gasteiger partial charge is 0.317 e. The number of nitrogens with one attached hydrogen (secondary N) is 1. The number of carboxylic acid groups (broad SMARTS) is 1. The van der Waals surface area contributed by atoms with Crippen molar-refractivity contribution in [3.05, 3.63) is 0 Å². The third-order valence-electron chi connectivity index (χ3n) is 2.97. The number of thioether (sulfide) groups is 1. The molecule has 106 valence electrons. The van der Waals surface area contributed by atoms with Crippen molar-refractivity contribution in [1.82, 2.24) is 10.2 Å². The zero-order valence-electron chi connectivity index (χ0n) is 11.6. The summed E-state index contributed by atoms with van der Waals surface area (Å²) < 4.78 is 0. The van der Waals surface area contributed by atoms with Gasteiger partial charge in [-0.2, -0.15) is 11.8 Å². The highest BCUT2D eigenvalue weighted by molar-refractivity contribution is 7.98. The molecule has 0 radical (unpaired) electrons. The lowest BCUT2D eigenvalue weighted by molar-refractivity contribution is -0.141. The van der Waals surface area contributed by atoms with Gasteiger partial charge in [-0.15, -0.1) is 0 Å². The third kappa shape index (κ3) is 6.14. The lowest BCUT2D eigenvalue weighted by Gasteiger charge is -2.27. The van der Waals surface area contributed by atoms with E-state index in [4.69, 9.17) is 5.11 Å². The molecule has 0 aromatic heterocycles. The minimum Gasteiger partial charge on any atom is -0.481 e. The fourth-order valence-corrected chi connectivity index (χ4v) is 2.35. The van der Waals surface area contributed by atoms with E-state index in [1.54, 1.807) is 30.6 Å². The van der Waals surface area contributed by atoms with Gasteiger partial charge in [0.1, 0.15) is 0 Å². The lowest BCUT2D eigenvalue weighted by Crippen LogP contribution is -2.45. The standard InChI is InChI=1S/C12H24N2O3S/c1-5-10(8-18-4)14(3)12(17)13-7-6-9(2)11(15)16/h9-10H,5-8H2,1-4H3,(H,13,17)(H,15,16). The monoisotopic (exact) mass is 276 g/mol. The summed E-state index contributed by atoms with van der Waals surface area (Å²) in [6.07, 6.45) is 3.38. The van der Waals surface area contributed by atoms with Crippen molar-refractivity contribution in [2.75, 3.05) is 25.6 Å². The molecule has 0 aliphatic carbocycles. The van der Waals surface area contributed by atoms with Crippen molar-refractivity contribution >= 4 is 23.8 Å². The van der Waals surface area contributed by atoms with E-state index in [2.05, 4.69) is 12.2 Å². The number of hydrogen-bond donors (Lipinski definition) is 2. The zero-order chi connectivity index (χ0) is 14.1. The Labute approximate surface area is 113 Å². The highest BCUT2D eigenvalue weighted by atomic mass is 32.2. The van der Waals surface area contributed by atoms with Gasteiger partial charge in [-0.05, 0) is 19.1 Å². The number of rotatable bonds is 8.